The number of carbonyl (C=O) groups excluding carboxylic acids is 2. The molecule has 1 aliphatic heterocycles. The van der Waals surface area contributed by atoms with Crippen molar-refractivity contribution >= 4 is 40.4 Å². The Balaban J connectivity index is 1.25. The average molecular weight is 494 g/mol. The first-order valence-electron chi connectivity index (χ1n) is 11.8. The molecule has 7 nitrogen and oxygen atoms in total. The topological polar surface area (TPSA) is 83.7 Å². The first kappa shape index (κ1) is 23.3. The zero-order valence-corrected chi connectivity index (χ0v) is 20.6. The number of aromatic amines is 1. The van der Waals surface area contributed by atoms with Gasteiger partial charge in [-0.1, -0.05) is 11.6 Å². The molecular weight excluding hydrogens is 466 g/mol. The fourth-order valence-corrected chi connectivity index (χ4v) is 5.20. The number of methoxy groups -OCH3 is 2. The summed E-state index contributed by atoms with van der Waals surface area (Å²) in [4.78, 5) is 30.8. The van der Waals surface area contributed by atoms with Crippen LogP contribution < -0.4 is 14.8 Å². The number of nitrogens with one attached hydrogen (secondary N) is 2. The van der Waals surface area contributed by atoms with Crippen molar-refractivity contribution in [2.75, 3.05) is 20.8 Å². The standard InChI is InChI=1S/C27H28ClN3O4/c1-34-23-12-16-8-10-31(26(33)14-17(16)13-24(23)35-2)11-9-25(32)29-22-5-3-4-19-20-15-18(28)6-7-21(20)30-27(19)22/h6-8,10,12-13,15,22,30H,3-5,9,11,14H2,1-2H3,(H,29,32)/t22-/m1/s1. The van der Waals surface area contributed by atoms with Crippen LogP contribution in [0.15, 0.2) is 36.5 Å². The van der Waals surface area contributed by atoms with Gasteiger partial charge in [-0.25, -0.2) is 0 Å². The molecule has 35 heavy (non-hydrogen) atoms. The van der Waals surface area contributed by atoms with Gasteiger partial charge >= 0.3 is 0 Å². The maximum Gasteiger partial charge on any atom is 0.230 e. The van der Waals surface area contributed by atoms with Crippen molar-refractivity contribution in [2.24, 2.45) is 0 Å². The number of ether oxygens (including phenoxy) is 2. The van der Waals surface area contributed by atoms with E-state index in [1.165, 1.54) is 5.56 Å². The van der Waals surface area contributed by atoms with Crippen LogP contribution >= 0.6 is 11.6 Å². The number of hydrogen-bond donors (Lipinski definition) is 2. The second-order valence-electron chi connectivity index (χ2n) is 8.96. The van der Waals surface area contributed by atoms with E-state index < -0.39 is 0 Å². The first-order valence-corrected chi connectivity index (χ1v) is 12.2. The van der Waals surface area contributed by atoms with E-state index in [9.17, 15) is 9.59 Å². The first-order chi connectivity index (χ1) is 17.0. The van der Waals surface area contributed by atoms with Crippen molar-refractivity contribution in [1.82, 2.24) is 15.2 Å². The van der Waals surface area contributed by atoms with Crippen LogP contribution in [0.25, 0.3) is 17.0 Å². The summed E-state index contributed by atoms with van der Waals surface area (Å²) in [5.41, 5.74) is 5.09. The lowest BCUT2D eigenvalue weighted by molar-refractivity contribution is -0.128. The van der Waals surface area contributed by atoms with Crippen LogP contribution in [-0.2, 0) is 22.4 Å². The SMILES string of the molecule is COc1cc2c(cc1OC)CC(=O)N(CCC(=O)N[C@@H]1CCCc3c1[nH]c1ccc(Cl)cc31)C=C2. The fourth-order valence-electron chi connectivity index (χ4n) is 5.03. The zero-order valence-electron chi connectivity index (χ0n) is 19.8. The summed E-state index contributed by atoms with van der Waals surface area (Å²) in [5, 5.41) is 5.00. The van der Waals surface area contributed by atoms with E-state index in [0.29, 0.717) is 23.1 Å². The van der Waals surface area contributed by atoms with E-state index >= 15 is 0 Å². The molecule has 0 saturated carbocycles. The predicted octanol–water partition coefficient (Wildman–Crippen LogP) is 4.78. The molecule has 2 amide bonds. The number of hydrogen-bond acceptors (Lipinski definition) is 4. The molecule has 8 heteroatoms. The highest BCUT2D eigenvalue weighted by molar-refractivity contribution is 6.31. The number of H-pyrrole nitrogens is 1. The smallest absolute Gasteiger partial charge is 0.230 e. The number of aryl methyl sites for hydroxylation is 1. The van der Waals surface area contributed by atoms with Crippen LogP contribution in [0.4, 0.5) is 0 Å². The molecule has 0 spiro atoms. The summed E-state index contributed by atoms with van der Waals surface area (Å²) in [6, 6.07) is 9.46. The molecule has 2 aliphatic rings. The minimum absolute atomic E-state index is 0.0625. The minimum atomic E-state index is -0.0779. The third-order valence-electron chi connectivity index (χ3n) is 6.83. The maximum atomic E-state index is 12.9. The normalized spacial score (nSPS) is 17.1. The Morgan fingerprint density at radius 3 is 2.80 bits per heavy atom. The molecule has 0 radical (unpaired) electrons. The second kappa shape index (κ2) is 9.66. The average Bonchev–Trinajstić information content (AvgIpc) is 3.15. The van der Waals surface area contributed by atoms with E-state index in [4.69, 9.17) is 21.1 Å². The number of benzene rings is 2. The molecule has 1 aliphatic carbocycles. The van der Waals surface area contributed by atoms with Crippen molar-refractivity contribution in [3.05, 3.63) is 63.9 Å². The molecule has 2 heterocycles. The summed E-state index contributed by atoms with van der Waals surface area (Å²) >= 11 is 6.20. The number of aromatic nitrogens is 1. The van der Waals surface area contributed by atoms with Crippen molar-refractivity contribution in [3.63, 3.8) is 0 Å². The fraction of sp³-hybridized carbons (Fsp3) is 0.333. The van der Waals surface area contributed by atoms with Crippen LogP contribution in [0, 0.1) is 0 Å². The second-order valence-corrected chi connectivity index (χ2v) is 9.39. The van der Waals surface area contributed by atoms with E-state index in [-0.39, 0.29) is 30.7 Å². The number of rotatable bonds is 6. The number of carbonyl (C=O) groups is 2. The summed E-state index contributed by atoms with van der Waals surface area (Å²) in [6.45, 7) is 0.311. The molecule has 0 saturated heterocycles. The number of nitrogens with zero attached hydrogens (tertiary/aromatic N) is 1. The number of fused-ring (bicyclic) bond motifs is 4. The van der Waals surface area contributed by atoms with Gasteiger partial charge in [-0.05, 0) is 72.4 Å². The van der Waals surface area contributed by atoms with Crippen LogP contribution in [0.1, 0.15) is 47.7 Å². The van der Waals surface area contributed by atoms with Gasteiger partial charge in [-0.2, -0.15) is 0 Å². The molecule has 0 fully saturated rings. The Bertz CT molecular complexity index is 1330. The van der Waals surface area contributed by atoms with Crippen molar-refractivity contribution < 1.29 is 19.1 Å². The van der Waals surface area contributed by atoms with Gasteiger partial charge in [-0.15, -0.1) is 0 Å². The van der Waals surface area contributed by atoms with Gasteiger partial charge in [0, 0.05) is 40.8 Å². The van der Waals surface area contributed by atoms with Gasteiger partial charge in [0.25, 0.3) is 0 Å². The largest absolute Gasteiger partial charge is 0.493 e. The van der Waals surface area contributed by atoms with Crippen molar-refractivity contribution in [1.29, 1.82) is 0 Å². The zero-order chi connectivity index (χ0) is 24.5. The lowest BCUT2D eigenvalue weighted by Crippen LogP contribution is -2.35. The number of halogens is 1. The van der Waals surface area contributed by atoms with Gasteiger partial charge < -0.3 is 24.7 Å². The van der Waals surface area contributed by atoms with E-state index in [2.05, 4.69) is 10.3 Å². The molecule has 2 aromatic carbocycles. The third kappa shape index (κ3) is 4.60. The monoisotopic (exact) mass is 493 g/mol. The predicted molar refractivity (Wildman–Crippen MR) is 136 cm³/mol. The number of amides is 2. The van der Waals surface area contributed by atoms with Gasteiger partial charge in [0.1, 0.15) is 0 Å². The molecule has 182 valence electrons. The Morgan fingerprint density at radius 1 is 1.20 bits per heavy atom. The summed E-state index contributed by atoms with van der Waals surface area (Å²) in [5.74, 6) is 1.06. The van der Waals surface area contributed by atoms with Gasteiger partial charge in [-0.3, -0.25) is 9.59 Å². The van der Waals surface area contributed by atoms with Crippen molar-refractivity contribution in [3.8, 4) is 11.5 Å². The molecule has 3 aromatic rings. The lowest BCUT2D eigenvalue weighted by Gasteiger charge is -2.24. The highest BCUT2D eigenvalue weighted by atomic mass is 35.5. The highest BCUT2D eigenvalue weighted by Gasteiger charge is 2.26. The quantitative estimate of drug-likeness (QED) is 0.517. The minimum Gasteiger partial charge on any atom is -0.493 e. The molecule has 2 N–H and O–H groups in total. The maximum absolute atomic E-state index is 12.9. The molecule has 1 aromatic heterocycles. The van der Waals surface area contributed by atoms with Crippen LogP contribution in [0.3, 0.4) is 0 Å². The van der Waals surface area contributed by atoms with Gasteiger partial charge in [0.05, 0.1) is 26.7 Å². The summed E-state index contributed by atoms with van der Waals surface area (Å²) < 4.78 is 10.7. The Hall–Kier alpha value is -3.45. The molecule has 1 atom stereocenters. The Morgan fingerprint density at radius 2 is 2.00 bits per heavy atom. The van der Waals surface area contributed by atoms with Gasteiger partial charge in [0.2, 0.25) is 11.8 Å². The molecular formula is C27H28ClN3O4. The summed E-state index contributed by atoms with van der Waals surface area (Å²) in [7, 11) is 3.16. The van der Waals surface area contributed by atoms with Crippen LogP contribution in [0.5, 0.6) is 11.5 Å². The lowest BCUT2D eigenvalue weighted by atomic mass is 9.91. The van der Waals surface area contributed by atoms with Crippen molar-refractivity contribution in [2.45, 2.75) is 38.1 Å². The van der Waals surface area contributed by atoms with E-state index in [0.717, 1.165) is 47.0 Å². The van der Waals surface area contributed by atoms with Crippen LogP contribution in [0.2, 0.25) is 5.02 Å². The highest BCUT2D eigenvalue weighted by Crippen LogP contribution is 2.36. The van der Waals surface area contributed by atoms with E-state index in [1.807, 2.05) is 36.4 Å². The Labute approximate surface area is 209 Å². The molecule has 5 rings (SSSR count). The Kier molecular flexibility index (Phi) is 6.43. The third-order valence-corrected chi connectivity index (χ3v) is 7.06. The van der Waals surface area contributed by atoms with E-state index in [1.54, 1.807) is 25.3 Å². The molecule has 0 unspecified atom stereocenters. The van der Waals surface area contributed by atoms with Crippen LogP contribution in [-0.4, -0.2) is 42.5 Å². The summed E-state index contributed by atoms with van der Waals surface area (Å²) in [6.07, 6.45) is 6.91. The molecule has 0 bridgehead atoms. The van der Waals surface area contributed by atoms with Gasteiger partial charge in [0.15, 0.2) is 11.5 Å².